The predicted molar refractivity (Wildman–Crippen MR) is 61.9 cm³/mol. The Morgan fingerprint density at radius 3 is 2.93 bits per heavy atom. The van der Waals surface area contributed by atoms with Gasteiger partial charge < -0.3 is 15.3 Å². The Morgan fingerprint density at radius 2 is 2.27 bits per heavy atom. The Labute approximate surface area is 92.8 Å². The first-order valence-corrected chi connectivity index (χ1v) is 6.39. The van der Waals surface area contributed by atoms with Crippen LogP contribution in [0.1, 0.15) is 32.6 Å². The van der Waals surface area contributed by atoms with E-state index < -0.39 is 0 Å². The molecule has 0 amide bonds. The monoisotopic (exact) mass is 212 g/mol. The Morgan fingerprint density at radius 1 is 1.40 bits per heavy atom. The first-order valence-electron chi connectivity index (χ1n) is 6.39. The molecule has 3 unspecified atom stereocenters. The number of rotatable bonds is 3. The van der Waals surface area contributed by atoms with Crippen LogP contribution in [0.2, 0.25) is 0 Å². The van der Waals surface area contributed by atoms with E-state index in [4.69, 9.17) is 0 Å². The molecule has 0 bridgehead atoms. The molecule has 2 saturated heterocycles. The second-order valence-electron chi connectivity index (χ2n) is 5.21. The van der Waals surface area contributed by atoms with Crippen LogP contribution in [-0.2, 0) is 0 Å². The van der Waals surface area contributed by atoms with Crippen molar-refractivity contribution in [2.75, 3.05) is 26.2 Å². The number of hydrogen-bond donors (Lipinski definition) is 2. The predicted octanol–water partition coefficient (Wildman–Crippen LogP) is 0.831. The lowest BCUT2D eigenvalue weighted by Gasteiger charge is -2.36. The van der Waals surface area contributed by atoms with E-state index >= 15 is 0 Å². The lowest BCUT2D eigenvalue weighted by Crippen LogP contribution is -2.45. The Hall–Kier alpha value is -0.120. The second-order valence-corrected chi connectivity index (χ2v) is 5.21. The average Bonchev–Trinajstić information content (AvgIpc) is 2.69. The van der Waals surface area contributed by atoms with Crippen molar-refractivity contribution >= 4 is 0 Å². The lowest BCUT2D eigenvalue weighted by atomic mass is 9.89. The van der Waals surface area contributed by atoms with E-state index in [2.05, 4.69) is 10.2 Å². The third kappa shape index (κ3) is 3.16. The van der Waals surface area contributed by atoms with E-state index in [0.29, 0.717) is 0 Å². The van der Waals surface area contributed by atoms with E-state index in [1.54, 1.807) is 0 Å². The van der Waals surface area contributed by atoms with Gasteiger partial charge in [-0.3, -0.25) is 0 Å². The summed E-state index contributed by atoms with van der Waals surface area (Å²) in [5, 5.41) is 13.0. The summed E-state index contributed by atoms with van der Waals surface area (Å²) in [4.78, 5) is 2.43. The molecule has 88 valence electrons. The molecule has 3 nitrogen and oxygen atoms in total. The van der Waals surface area contributed by atoms with Gasteiger partial charge in [0, 0.05) is 19.1 Å². The minimum Gasteiger partial charge on any atom is -0.392 e. The maximum atomic E-state index is 9.40. The van der Waals surface area contributed by atoms with Crippen LogP contribution in [0.15, 0.2) is 0 Å². The topological polar surface area (TPSA) is 35.5 Å². The van der Waals surface area contributed by atoms with Crippen molar-refractivity contribution in [3.63, 3.8) is 0 Å². The van der Waals surface area contributed by atoms with Crippen molar-refractivity contribution < 1.29 is 5.11 Å². The van der Waals surface area contributed by atoms with E-state index in [-0.39, 0.29) is 6.10 Å². The number of piperidine rings is 1. The van der Waals surface area contributed by atoms with E-state index in [1.807, 2.05) is 6.92 Å². The first kappa shape index (κ1) is 11.4. The summed E-state index contributed by atoms with van der Waals surface area (Å²) in [5.41, 5.74) is 0. The zero-order valence-electron chi connectivity index (χ0n) is 9.78. The molecule has 2 N–H and O–H groups in total. The smallest absolute Gasteiger partial charge is 0.0639 e. The van der Waals surface area contributed by atoms with Gasteiger partial charge in [0.15, 0.2) is 0 Å². The summed E-state index contributed by atoms with van der Waals surface area (Å²) in [6.45, 7) is 6.30. The molecule has 2 aliphatic rings. The minimum absolute atomic E-state index is 0.180. The van der Waals surface area contributed by atoms with Crippen LogP contribution in [0.25, 0.3) is 0 Å². The second kappa shape index (κ2) is 5.28. The van der Waals surface area contributed by atoms with E-state index in [1.165, 1.54) is 45.3 Å². The SMILES string of the molecule is CC(O)CN1CCCC(C2CCCN2)C1. The third-order valence-electron chi connectivity index (χ3n) is 3.73. The van der Waals surface area contributed by atoms with E-state index in [9.17, 15) is 5.11 Å². The number of likely N-dealkylation sites (tertiary alicyclic amines) is 1. The Balaban J connectivity index is 1.80. The highest BCUT2D eigenvalue weighted by Gasteiger charge is 2.29. The molecule has 0 radical (unpaired) electrons. The molecule has 0 aromatic carbocycles. The molecule has 2 fully saturated rings. The summed E-state index contributed by atoms with van der Waals surface area (Å²) < 4.78 is 0. The highest BCUT2D eigenvalue weighted by molar-refractivity contribution is 4.86. The molecular formula is C12H24N2O. The van der Waals surface area contributed by atoms with Crippen molar-refractivity contribution in [2.45, 2.75) is 44.8 Å². The van der Waals surface area contributed by atoms with Crippen LogP contribution in [0.5, 0.6) is 0 Å². The normalized spacial score (nSPS) is 35.6. The van der Waals surface area contributed by atoms with Crippen molar-refractivity contribution in [1.82, 2.24) is 10.2 Å². The van der Waals surface area contributed by atoms with Crippen LogP contribution in [0.4, 0.5) is 0 Å². The molecule has 3 atom stereocenters. The molecule has 0 spiro atoms. The van der Waals surface area contributed by atoms with Gasteiger partial charge in [0.2, 0.25) is 0 Å². The number of nitrogens with zero attached hydrogens (tertiary/aromatic N) is 1. The van der Waals surface area contributed by atoms with Crippen molar-refractivity contribution in [3.8, 4) is 0 Å². The molecule has 0 saturated carbocycles. The molecule has 2 aliphatic heterocycles. The standard InChI is InChI=1S/C12H24N2O/c1-10(15)8-14-7-3-4-11(9-14)12-5-2-6-13-12/h10-13,15H,2-9H2,1H3. The zero-order chi connectivity index (χ0) is 10.7. The highest BCUT2D eigenvalue weighted by atomic mass is 16.3. The molecule has 0 aromatic rings. The quantitative estimate of drug-likeness (QED) is 0.727. The fraction of sp³-hybridized carbons (Fsp3) is 1.00. The number of aliphatic hydroxyl groups excluding tert-OH is 1. The fourth-order valence-electron chi connectivity index (χ4n) is 3.07. The van der Waals surface area contributed by atoms with E-state index in [0.717, 1.165) is 18.5 Å². The largest absolute Gasteiger partial charge is 0.392 e. The number of nitrogens with one attached hydrogen (secondary N) is 1. The molecule has 0 aliphatic carbocycles. The average molecular weight is 212 g/mol. The van der Waals surface area contributed by atoms with Crippen LogP contribution in [0, 0.1) is 5.92 Å². The van der Waals surface area contributed by atoms with Crippen LogP contribution in [0.3, 0.4) is 0 Å². The van der Waals surface area contributed by atoms with Gasteiger partial charge in [0.1, 0.15) is 0 Å². The maximum absolute atomic E-state index is 9.40. The summed E-state index contributed by atoms with van der Waals surface area (Å²) >= 11 is 0. The van der Waals surface area contributed by atoms with Crippen molar-refractivity contribution in [1.29, 1.82) is 0 Å². The summed E-state index contributed by atoms with van der Waals surface area (Å²) in [5.74, 6) is 0.819. The molecule has 2 rings (SSSR count). The summed E-state index contributed by atoms with van der Waals surface area (Å²) in [6.07, 6.45) is 5.19. The zero-order valence-corrected chi connectivity index (χ0v) is 9.78. The van der Waals surface area contributed by atoms with Crippen LogP contribution >= 0.6 is 0 Å². The fourth-order valence-corrected chi connectivity index (χ4v) is 3.07. The summed E-state index contributed by atoms with van der Waals surface area (Å²) in [7, 11) is 0. The van der Waals surface area contributed by atoms with Gasteiger partial charge in [-0.2, -0.15) is 0 Å². The van der Waals surface area contributed by atoms with Gasteiger partial charge >= 0.3 is 0 Å². The Kier molecular flexibility index (Phi) is 4.00. The molecule has 0 aromatic heterocycles. The minimum atomic E-state index is -0.180. The Bertz CT molecular complexity index is 190. The van der Waals surface area contributed by atoms with Crippen LogP contribution < -0.4 is 5.32 Å². The van der Waals surface area contributed by atoms with Gasteiger partial charge in [0.05, 0.1) is 6.10 Å². The number of aliphatic hydroxyl groups is 1. The summed E-state index contributed by atoms with van der Waals surface area (Å²) in [6, 6.07) is 0.752. The molecular weight excluding hydrogens is 188 g/mol. The lowest BCUT2D eigenvalue weighted by molar-refractivity contribution is 0.0865. The molecule has 15 heavy (non-hydrogen) atoms. The van der Waals surface area contributed by atoms with Gasteiger partial charge in [-0.1, -0.05) is 0 Å². The van der Waals surface area contributed by atoms with Crippen molar-refractivity contribution in [2.24, 2.45) is 5.92 Å². The third-order valence-corrected chi connectivity index (χ3v) is 3.73. The molecule has 3 heteroatoms. The highest BCUT2D eigenvalue weighted by Crippen LogP contribution is 2.24. The van der Waals surface area contributed by atoms with Crippen LogP contribution in [-0.4, -0.2) is 48.3 Å². The maximum Gasteiger partial charge on any atom is 0.0639 e. The van der Waals surface area contributed by atoms with Gasteiger partial charge in [-0.15, -0.1) is 0 Å². The first-order chi connectivity index (χ1) is 7.25. The van der Waals surface area contributed by atoms with Gasteiger partial charge in [-0.05, 0) is 51.6 Å². The number of hydrogen-bond acceptors (Lipinski definition) is 3. The number of β-amino-alcohol motifs (C(OH)–C–C–N with tert-alkyl or cyclic N) is 1. The van der Waals surface area contributed by atoms with Gasteiger partial charge in [-0.25, -0.2) is 0 Å². The molecule has 2 heterocycles. The van der Waals surface area contributed by atoms with Gasteiger partial charge in [0.25, 0.3) is 0 Å². The van der Waals surface area contributed by atoms with Crippen molar-refractivity contribution in [3.05, 3.63) is 0 Å².